The summed E-state index contributed by atoms with van der Waals surface area (Å²) in [5.41, 5.74) is 0.528. The van der Waals surface area contributed by atoms with Gasteiger partial charge in [-0.15, -0.1) is 0 Å². The highest BCUT2D eigenvalue weighted by atomic mass is 19.1. The zero-order valence-electron chi connectivity index (χ0n) is 14.5. The fraction of sp³-hybridized carbons (Fsp3) is 0.350. The minimum Gasteiger partial charge on any atom is -0.334 e. The maximum absolute atomic E-state index is 15.3. The lowest BCUT2D eigenvalue weighted by Crippen LogP contribution is -2.29. The van der Waals surface area contributed by atoms with Gasteiger partial charge in [0.05, 0.1) is 0 Å². The number of pyridine rings is 1. The second-order valence-electron chi connectivity index (χ2n) is 6.74. The fourth-order valence-corrected chi connectivity index (χ4v) is 3.39. The van der Waals surface area contributed by atoms with Crippen LogP contribution in [0.5, 0.6) is 0 Å². The summed E-state index contributed by atoms with van der Waals surface area (Å²) in [4.78, 5) is 10.4. The van der Waals surface area contributed by atoms with E-state index in [1.54, 1.807) is 24.5 Å². The molecule has 6 heteroatoms. The first-order chi connectivity index (χ1) is 12.7. The highest BCUT2D eigenvalue weighted by Gasteiger charge is 2.43. The van der Waals surface area contributed by atoms with Crippen molar-refractivity contribution < 1.29 is 8.91 Å². The standard InChI is InChI=1S/C20H21FN4O/c21-20(19-23-18(26-24-19)17-8-11-22-12-9-17)10-14-25(15-20)13-4-7-16-5-2-1-3-6-16/h1-3,5-6,8-9,11-12H,4,7,10,13-15H2. The first-order valence-electron chi connectivity index (χ1n) is 8.93. The Kier molecular flexibility index (Phi) is 4.75. The summed E-state index contributed by atoms with van der Waals surface area (Å²) in [5.74, 6) is 0.483. The van der Waals surface area contributed by atoms with Crippen LogP contribution in [0.15, 0.2) is 59.4 Å². The molecule has 5 nitrogen and oxygen atoms in total. The Morgan fingerprint density at radius 2 is 1.92 bits per heavy atom. The molecule has 1 atom stereocenters. The maximum Gasteiger partial charge on any atom is 0.258 e. The van der Waals surface area contributed by atoms with E-state index in [1.807, 2.05) is 6.07 Å². The van der Waals surface area contributed by atoms with E-state index in [9.17, 15) is 0 Å². The van der Waals surface area contributed by atoms with Gasteiger partial charge in [0, 0.05) is 37.5 Å². The van der Waals surface area contributed by atoms with Crippen molar-refractivity contribution in [1.29, 1.82) is 0 Å². The first-order valence-corrected chi connectivity index (χ1v) is 8.93. The number of nitrogens with zero attached hydrogens (tertiary/aromatic N) is 4. The Bertz CT molecular complexity index is 839. The van der Waals surface area contributed by atoms with Crippen molar-refractivity contribution in [2.45, 2.75) is 24.9 Å². The van der Waals surface area contributed by atoms with Gasteiger partial charge in [-0.3, -0.25) is 9.88 Å². The molecule has 0 bridgehead atoms. The van der Waals surface area contributed by atoms with Gasteiger partial charge in [-0.2, -0.15) is 4.98 Å². The van der Waals surface area contributed by atoms with Crippen molar-refractivity contribution in [3.8, 4) is 11.5 Å². The molecule has 0 N–H and O–H groups in total. The molecule has 1 unspecified atom stereocenters. The number of hydrogen-bond donors (Lipinski definition) is 0. The summed E-state index contributed by atoms with van der Waals surface area (Å²) in [5, 5.41) is 3.90. The maximum atomic E-state index is 15.3. The van der Waals surface area contributed by atoms with Crippen LogP contribution in [0.3, 0.4) is 0 Å². The Balaban J connectivity index is 1.35. The number of alkyl halides is 1. The van der Waals surface area contributed by atoms with E-state index < -0.39 is 5.67 Å². The summed E-state index contributed by atoms with van der Waals surface area (Å²) >= 11 is 0. The molecule has 0 aliphatic carbocycles. The van der Waals surface area contributed by atoms with Gasteiger partial charge in [0.2, 0.25) is 5.82 Å². The van der Waals surface area contributed by atoms with E-state index in [0.29, 0.717) is 25.4 Å². The number of likely N-dealkylation sites (tertiary alicyclic amines) is 1. The summed E-state index contributed by atoms with van der Waals surface area (Å²) in [6, 6.07) is 13.9. The van der Waals surface area contributed by atoms with E-state index in [2.05, 4.69) is 44.3 Å². The van der Waals surface area contributed by atoms with E-state index in [0.717, 1.165) is 24.9 Å². The van der Waals surface area contributed by atoms with Crippen LogP contribution in [0.25, 0.3) is 11.5 Å². The van der Waals surface area contributed by atoms with Crippen molar-refractivity contribution >= 4 is 0 Å². The van der Waals surface area contributed by atoms with Crippen molar-refractivity contribution in [2.75, 3.05) is 19.6 Å². The Labute approximate surface area is 151 Å². The van der Waals surface area contributed by atoms with Gasteiger partial charge in [-0.1, -0.05) is 35.5 Å². The van der Waals surface area contributed by atoms with Crippen LogP contribution < -0.4 is 0 Å². The van der Waals surface area contributed by atoms with Crippen LogP contribution in [-0.4, -0.2) is 39.7 Å². The third-order valence-corrected chi connectivity index (χ3v) is 4.84. The van der Waals surface area contributed by atoms with Gasteiger partial charge in [0.1, 0.15) is 0 Å². The van der Waals surface area contributed by atoms with Crippen molar-refractivity contribution in [2.24, 2.45) is 0 Å². The number of aryl methyl sites for hydroxylation is 1. The quantitative estimate of drug-likeness (QED) is 0.678. The largest absolute Gasteiger partial charge is 0.334 e. The van der Waals surface area contributed by atoms with Crippen LogP contribution >= 0.6 is 0 Å². The van der Waals surface area contributed by atoms with Gasteiger partial charge >= 0.3 is 0 Å². The molecule has 1 fully saturated rings. The van der Waals surface area contributed by atoms with E-state index in [1.165, 1.54) is 5.56 Å². The van der Waals surface area contributed by atoms with Gasteiger partial charge in [0.25, 0.3) is 5.89 Å². The molecule has 0 spiro atoms. The van der Waals surface area contributed by atoms with Gasteiger partial charge in [0.15, 0.2) is 5.67 Å². The Morgan fingerprint density at radius 3 is 2.73 bits per heavy atom. The molecular formula is C20H21FN4O. The minimum absolute atomic E-state index is 0.148. The lowest BCUT2D eigenvalue weighted by Gasteiger charge is -2.17. The summed E-state index contributed by atoms with van der Waals surface area (Å²) < 4.78 is 20.6. The number of hydrogen-bond acceptors (Lipinski definition) is 5. The van der Waals surface area contributed by atoms with Gasteiger partial charge in [-0.25, -0.2) is 4.39 Å². The molecule has 1 aromatic carbocycles. The van der Waals surface area contributed by atoms with Gasteiger partial charge < -0.3 is 4.52 Å². The third kappa shape index (κ3) is 3.65. The number of benzene rings is 1. The summed E-state index contributed by atoms with van der Waals surface area (Å²) in [6.45, 7) is 1.90. The van der Waals surface area contributed by atoms with Crippen molar-refractivity contribution in [3.05, 3.63) is 66.2 Å². The lowest BCUT2D eigenvalue weighted by atomic mass is 10.1. The molecule has 1 aliphatic heterocycles. The molecule has 26 heavy (non-hydrogen) atoms. The van der Waals surface area contributed by atoms with Crippen LogP contribution in [0.4, 0.5) is 4.39 Å². The van der Waals surface area contributed by atoms with Crippen molar-refractivity contribution in [3.63, 3.8) is 0 Å². The average Bonchev–Trinajstić information content (AvgIpc) is 3.32. The molecule has 0 radical (unpaired) electrons. The topological polar surface area (TPSA) is 55.1 Å². The zero-order valence-corrected chi connectivity index (χ0v) is 14.5. The third-order valence-electron chi connectivity index (χ3n) is 4.84. The normalized spacial score (nSPS) is 20.5. The average molecular weight is 352 g/mol. The van der Waals surface area contributed by atoms with Crippen LogP contribution in [-0.2, 0) is 12.1 Å². The fourth-order valence-electron chi connectivity index (χ4n) is 3.39. The molecular weight excluding hydrogens is 331 g/mol. The highest BCUT2D eigenvalue weighted by molar-refractivity contribution is 5.51. The van der Waals surface area contributed by atoms with Crippen LogP contribution in [0, 0.1) is 0 Å². The van der Waals surface area contributed by atoms with E-state index in [4.69, 9.17) is 4.52 Å². The molecule has 0 amide bonds. The molecule has 3 heterocycles. The SMILES string of the molecule is FC1(c2noc(-c3ccncc3)n2)CCN(CCCc2ccccc2)C1. The lowest BCUT2D eigenvalue weighted by molar-refractivity contribution is 0.150. The summed E-state index contributed by atoms with van der Waals surface area (Å²) in [7, 11) is 0. The van der Waals surface area contributed by atoms with Crippen LogP contribution in [0.2, 0.25) is 0 Å². The predicted molar refractivity (Wildman–Crippen MR) is 96.1 cm³/mol. The second-order valence-corrected chi connectivity index (χ2v) is 6.74. The zero-order chi connectivity index (χ0) is 17.8. The molecule has 0 saturated carbocycles. The van der Waals surface area contributed by atoms with Crippen LogP contribution in [0.1, 0.15) is 24.2 Å². The Hall–Kier alpha value is -2.60. The number of aromatic nitrogens is 3. The molecule has 2 aromatic heterocycles. The van der Waals surface area contributed by atoms with E-state index >= 15 is 4.39 Å². The summed E-state index contributed by atoms with van der Waals surface area (Å²) in [6.07, 6.45) is 5.70. The molecule has 1 aliphatic rings. The monoisotopic (exact) mass is 352 g/mol. The molecule has 4 rings (SSSR count). The Morgan fingerprint density at radius 1 is 1.12 bits per heavy atom. The second kappa shape index (κ2) is 7.33. The first kappa shape index (κ1) is 16.8. The predicted octanol–water partition coefficient (Wildman–Crippen LogP) is 3.63. The van der Waals surface area contributed by atoms with Crippen molar-refractivity contribution in [1.82, 2.24) is 20.0 Å². The molecule has 1 saturated heterocycles. The number of rotatable bonds is 6. The smallest absolute Gasteiger partial charge is 0.258 e. The molecule has 134 valence electrons. The highest BCUT2D eigenvalue weighted by Crippen LogP contribution is 2.35. The minimum atomic E-state index is -1.54. The molecule has 3 aromatic rings. The number of halogens is 1. The van der Waals surface area contributed by atoms with E-state index in [-0.39, 0.29) is 5.82 Å². The van der Waals surface area contributed by atoms with Gasteiger partial charge in [-0.05, 0) is 37.1 Å².